The quantitative estimate of drug-likeness (QED) is 0.525. The van der Waals surface area contributed by atoms with E-state index >= 15 is 0 Å². The Hall–Kier alpha value is -2.12. The van der Waals surface area contributed by atoms with Crippen molar-refractivity contribution in [3.05, 3.63) is 68.3 Å². The lowest BCUT2D eigenvalue weighted by Crippen LogP contribution is -2.06. The fourth-order valence-electron chi connectivity index (χ4n) is 2.45. The van der Waals surface area contributed by atoms with Crippen LogP contribution >= 0.6 is 46.6 Å². The van der Waals surface area contributed by atoms with Gasteiger partial charge in [0.1, 0.15) is 0 Å². The zero-order valence-electron chi connectivity index (χ0n) is 13.4. The average molecular weight is 436 g/mol. The van der Waals surface area contributed by atoms with E-state index in [4.69, 9.17) is 34.8 Å². The van der Waals surface area contributed by atoms with Crippen LogP contribution in [0.1, 0.15) is 5.56 Å². The molecule has 27 heavy (non-hydrogen) atoms. The molecule has 1 amide bonds. The number of fused-ring (bicyclic) bond motifs is 1. The van der Waals surface area contributed by atoms with Gasteiger partial charge < -0.3 is 5.32 Å². The maximum atomic E-state index is 12.2. The van der Waals surface area contributed by atoms with Crippen LogP contribution < -0.4 is 5.32 Å². The number of carbonyl (C=O) groups excluding carboxylic acids is 1. The first-order valence-electron chi connectivity index (χ1n) is 7.64. The summed E-state index contributed by atoms with van der Waals surface area (Å²) >= 11 is 19.4. The van der Waals surface area contributed by atoms with Crippen molar-refractivity contribution in [2.24, 2.45) is 4.99 Å². The number of aromatic nitrogens is 2. The van der Waals surface area contributed by atoms with Gasteiger partial charge in [-0.1, -0.05) is 40.9 Å². The number of carbonyl (C=O) groups is 1. The Balaban J connectivity index is 1.57. The molecule has 0 radical (unpaired) electrons. The van der Waals surface area contributed by atoms with E-state index in [1.165, 1.54) is 11.8 Å². The van der Waals surface area contributed by atoms with E-state index in [2.05, 4.69) is 20.3 Å². The van der Waals surface area contributed by atoms with E-state index in [1.807, 2.05) is 18.2 Å². The van der Waals surface area contributed by atoms with Crippen LogP contribution in [0.2, 0.25) is 15.1 Å². The number of nitrogens with one attached hydrogen (secondary N) is 1. The standard InChI is InChI=1S/C18H9Cl3N4OS/c19-10-7-11(20)16(12(21)8-10)24-18-25-17(26)15(27-18)6-9-1-2-13-14(5-9)23-4-3-22-13/h1-8H,(H,24,25,26)/b15-6+. The number of nitrogens with zero attached hydrogens (tertiary/aromatic N) is 3. The summed E-state index contributed by atoms with van der Waals surface area (Å²) in [6, 6.07) is 8.71. The number of hydrogen-bond donors (Lipinski definition) is 1. The van der Waals surface area contributed by atoms with E-state index in [9.17, 15) is 4.79 Å². The van der Waals surface area contributed by atoms with Crippen LogP contribution in [0.4, 0.5) is 5.69 Å². The summed E-state index contributed by atoms with van der Waals surface area (Å²) in [7, 11) is 0. The normalized spacial score (nSPS) is 15.4. The summed E-state index contributed by atoms with van der Waals surface area (Å²) in [6.07, 6.45) is 5.01. The largest absolute Gasteiger partial charge is 0.332 e. The zero-order valence-corrected chi connectivity index (χ0v) is 16.5. The minimum absolute atomic E-state index is 0.341. The third-order valence-corrected chi connectivity index (χ3v) is 5.36. The Kier molecular flexibility index (Phi) is 5.06. The Morgan fingerprint density at radius 3 is 2.41 bits per heavy atom. The molecule has 1 aromatic heterocycles. The maximum Gasteiger partial charge on any atom is 0.286 e. The fourth-order valence-corrected chi connectivity index (χ4v) is 4.18. The SMILES string of the molecule is O=C1N=C(Nc2c(Cl)cc(Cl)cc2Cl)S/C1=C/c1ccc2nccnc2c1. The number of amidine groups is 1. The topological polar surface area (TPSA) is 67.2 Å². The highest BCUT2D eigenvalue weighted by Crippen LogP contribution is 2.36. The van der Waals surface area contributed by atoms with Gasteiger partial charge in [0.2, 0.25) is 0 Å². The van der Waals surface area contributed by atoms with Crippen LogP contribution in [0.25, 0.3) is 17.1 Å². The first-order chi connectivity index (χ1) is 13.0. The van der Waals surface area contributed by atoms with Gasteiger partial charge in [0, 0.05) is 17.4 Å². The van der Waals surface area contributed by atoms with Gasteiger partial charge in [0.05, 0.1) is 31.7 Å². The Morgan fingerprint density at radius 1 is 0.963 bits per heavy atom. The molecule has 134 valence electrons. The molecular formula is C18H9Cl3N4OS. The molecular weight excluding hydrogens is 427 g/mol. The van der Waals surface area contributed by atoms with Gasteiger partial charge in [-0.3, -0.25) is 14.8 Å². The van der Waals surface area contributed by atoms with Gasteiger partial charge in [-0.2, -0.15) is 4.99 Å². The average Bonchev–Trinajstić information content (AvgIpc) is 2.97. The molecule has 1 N–H and O–H groups in total. The Bertz CT molecular complexity index is 1120. The minimum atomic E-state index is -0.344. The molecule has 1 aliphatic rings. The molecule has 1 aliphatic heterocycles. The smallest absolute Gasteiger partial charge is 0.286 e. The molecule has 4 rings (SSSR count). The molecule has 0 aliphatic carbocycles. The Morgan fingerprint density at radius 2 is 1.67 bits per heavy atom. The summed E-state index contributed by atoms with van der Waals surface area (Å²) < 4.78 is 0. The molecule has 9 heteroatoms. The van der Waals surface area contributed by atoms with Gasteiger partial charge >= 0.3 is 0 Å². The number of rotatable bonds is 2. The Labute approximate surface area is 173 Å². The van der Waals surface area contributed by atoms with E-state index in [0.29, 0.717) is 30.8 Å². The highest BCUT2D eigenvalue weighted by molar-refractivity contribution is 8.18. The summed E-state index contributed by atoms with van der Waals surface area (Å²) in [5.74, 6) is -0.344. The molecule has 0 unspecified atom stereocenters. The molecule has 0 atom stereocenters. The summed E-state index contributed by atoms with van der Waals surface area (Å²) in [4.78, 5) is 25.2. The van der Waals surface area contributed by atoms with Crippen LogP contribution in [0.15, 0.2) is 52.6 Å². The number of benzene rings is 2. The lowest BCUT2D eigenvalue weighted by Gasteiger charge is -2.09. The van der Waals surface area contributed by atoms with Crippen molar-refractivity contribution in [2.75, 3.05) is 5.32 Å². The second kappa shape index (κ2) is 7.48. The maximum absolute atomic E-state index is 12.2. The molecule has 0 spiro atoms. The second-order valence-electron chi connectivity index (χ2n) is 5.51. The molecule has 0 saturated heterocycles. The van der Waals surface area contributed by atoms with Gasteiger partial charge in [0.25, 0.3) is 5.91 Å². The highest BCUT2D eigenvalue weighted by Gasteiger charge is 2.23. The van der Waals surface area contributed by atoms with Gasteiger partial charge in [-0.05, 0) is 47.7 Å². The zero-order chi connectivity index (χ0) is 19.0. The van der Waals surface area contributed by atoms with Crippen LogP contribution in [0.3, 0.4) is 0 Å². The number of amides is 1. The predicted molar refractivity (Wildman–Crippen MR) is 113 cm³/mol. The van der Waals surface area contributed by atoms with Crippen LogP contribution in [-0.4, -0.2) is 21.0 Å². The predicted octanol–water partition coefficient (Wildman–Crippen LogP) is 5.67. The molecule has 0 fully saturated rings. The third kappa shape index (κ3) is 3.94. The van der Waals surface area contributed by atoms with Crippen molar-refractivity contribution in [1.82, 2.24) is 9.97 Å². The lowest BCUT2D eigenvalue weighted by atomic mass is 10.2. The monoisotopic (exact) mass is 434 g/mol. The molecule has 0 bridgehead atoms. The third-order valence-electron chi connectivity index (χ3n) is 3.65. The second-order valence-corrected chi connectivity index (χ2v) is 7.79. The van der Waals surface area contributed by atoms with Crippen LogP contribution in [0, 0.1) is 0 Å². The first kappa shape index (κ1) is 18.3. The minimum Gasteiger partial charge on any atom is -0.332 e. The number of halogens is 3. The summed E-state index contributed by atoms with van der Waals surface area (Å²) in [5.41, 5.74) is 2.82. The summed E-state index contributed by atoms with van der Waals surface area (Å²) in [6.45, 7) is 0. The van der Waals surface area contributed by atoms with Crippen molar-refractivity contribution in [3.8, 4) is 0 Å². The highest BCUT2D eigenvalue weighted by atomic mass is 35.5. The lowest BCUT2D eigenvalue weighted by molar-refractivity contribution is -0.113. The van der Waals surface area contributed by atoms with Crippen molar-refractivity contribution >= 4 is 80.4 Å². The van der Waals surface area contributed by atoms with E-state index < -0.39 is 0 Å². The van der Waals surface area contributed by atoms with Gasteiger partial charge in [-0.15, -0.1) is 0 Å². The molecule has 5 nitrogen and oxygen atoms in total. The van der Waals surface area contributed by atoms with Gasteiger partial charge in [-0.25, -0.2) is 0 Å². The molecule has 2 aromatic carbocycles. The van der Waals surface area contributed by atoms with Crippen LogP contribution in [-0.2, 0) is 4.79 Å². The van der Waals surface area contributed by atoms with E-state index in [1.54, 1.807) is 30.6 Å². The van der Waals surface area contributed by atoms with Crippen molar-refractivity contribution in [3.63, 3.8) is 0 Å². The van der Waals surface area contributed by atoms with Crippen molar-refractivity contribution < 1.29 is 4.79 Å². The van der Waals surface area contributed by atoms with E-state index in [0.717, 1.165) is 16.6 Å². The number of anilines is 1. The van der Waals surface area contributed by atoms with Crippen LogP contribution in [0.5, 0.6) is 0 Å². The summed E-state index contributed by atoms with van der Waals surface area (Å²) in [5, 5.41) is 4.48. The molecule has 2 heterocycles. The van der Waals surface area contributed by atoms with Crippen molar-refractivity contribution in [1.29, 1.82) is 0 Å². The molecule has 3 aromatic rings. The van der Waals surface area contributed by atoms with Gasteiger partial charge in [0.15, 0.2) is 5.17 Å². The van der Waals surface area contributed by atoms with E-state index in [-0.39, 0.29) is 5.91 Å². The first-order valence-corrected chi connectivity index (χ1v) is 9.59. The number of thioether (sulfide) groups is 1. The fraction of sp³-hybridized carbons (Fsp3) is 0. The number of hydrogen-bond acceptors (Lipinski definition) is 5. The number of aliphatic imine (C=N–C) groups is 1. The molecule has 0 saturated carbocycles. The van der Waals surface area contributed by atoms with Crippen molar-refractivity contribution in [2.45, 2.75) is 0 Å².